The van der Waals surface area contributed by atoms with Crippen molar-refractivity contribution < 1.29 is 5.11 Å². The summed E-state index contributed by atoms with van der Waals surface area (Å²) in [6, 6.07) is 13.5. The summed E-state index contributed by atoms with van der Waals surface area (Å²) >= 11 is 2.30. The molecule has 0 saturated carbocycles. The molecule has 0 fully saturated rings. The van der Waals surface area contributed by atoms with E-state index in [2.05, 4.69) is 32.6 Å². The number of rotatable bonds is 2. The predicted molar refractivity (Wildman–Crippen MR) is 80.9 cm³/mol. The van der Waals surface area contributed by atoms with Gasteiger partial charge < -0.3 is 10.1 Å². The first-order valence-corrected chi connectivity index (χ1v) is 7.13. The molecule has 0 amide bonds. The van der Waals surface area contributed by atoms with Crippen LogP contribution in [0.25, 0.3) is 22.4 Å². The number of phenolic OH excluding ortho intramolecular Hbond substituents is 1. The van der Waals surface area contributed by atoms with Crippen LogP contribution in [0.2, 0.25) is 0 Å². The van der Waals surface area contributed by atoms with Crippen LogP contribution in [-0.4, -0.2) is 15.1 Å². The standard InChI is InChI=1S/C14H11IN2O/c15-8-9-5-6-13(18)10(7-9)14-16-11-3-1-2-4-12(11)17-14/h1-7,18H,8H2,(H,16,17). The Bertz CT molecular complexity index is 673. The van der Waals surface area contributed by atoms with Crippen LogP contribution in [0, 0.1) is 0 Å². The Balaban J connectivity index is 2.19. The summed E-state index contributed by atoms with van der Waals surface area (Å²) in [6.45, 7) is 0. The number of halogens is 1. The summed E-state index contributed by atoms with van der Waals surface area (Å²) in [6.07, 6.45) is 0. The van der Waals surface area contributed by atoms with Crippen molar-refractivity contribution in [2.75, 3.05) is 0 Å². The first-order chi connectivity index (χ1) is 8.78. The fourth-order valence-corrected chi connectivity index (χ4v) is 2.41. The molecule has 0 aliphatic carbocycles. The second-order valence-corrected chi connectivity index (χ2v) is 4.85. The highest BCUT2D eigenvalue weighted by Gasteiger charge is 2.09. The Morgan fingerprint density at radius 2 is 2.00 bits per heavy atom. The molecule has 0 aliphatic heterocycles. The van der Waals surface area contributed by atoms with Gasteiger partial charge in [0.05, 0.1) is 16.6 Å². The number of fused-ring (bicyclic) bond motifs is 1. The number of hydrogen-bond donors (Lipinski definition) is 2. The number of aromatic hydroxyl groups is 1. The highest BCUT2D eigenvalue weighted by Crippen LogP contribution is 2.30. The molecule has 3 aromatic rings. The van der Waals surface area contributed by atoms with Gasteiger partial charge in [-0.15, -0.1) is 0 Å². The average molecular weight is 350 g/mol. The minimum Gasteiger partial charge on any atom is -0.507 e. The van der Waals surface area contributed by atoms with Crippen molar-refractivity contribution in [3.63, 3.8) is 0 Å². The van der Waals surface area contributed by atoms with Crippen molar-refractivity contribution in [2.24, 2.45) is 0 Å². The lowest BCUT2D eigenvalue weighted by Gasteiger charge is -2.03. The van der Waals surface area contributed by atoms with Crippen LogP contribution < -0.4 is 0 Å². The van der Waals surface area contributed by atoms with Crippen LogP contribution in [0.3, 0.4) is 0 Å². The second kappa shape index (κ2) is 4.61. The number of phenols is 1. The first-order valence-electron chi connectivity index (χ1n) is 5.61. The predicted octanol–water partition coefficient (Wildman–Crippen LogP) is 3.87. The number of benzene rings is 2. The van der Waals surface area contributed by atoms with Crippen LogP contribution in [0.4, 0.5) is 0 Å². The number of alkyl halides is 1. The Morgan fingerprint density at radius 1 is 1.17 bits per heavy atom. The molecule has 3 rings (SSSR count). The number of nitrogens with zero attached hydrogens (tertiary/aromatic N) is 1. The zero-order valence-corrected chi connectivity index (χ0v) is 11.7. The topological polar surface area (TPSA) is 48.9 Å². The SMILES string of the molecule is Oc1ccc(CI)cc1-c1nc2ccccc2[nH]1. The molecule has 3 nitrogen and oxygen atoms in total. The molecular formula is C14H11IN2O. The fraction of sp³-hybridized carbons (Fsp3) is 0.0714. The van der Waals surface area contributed by atoms with E-state index in [1.807, 2.05) is 36.4 Å². The second-order valence-electron chi connectivity index (χ2n) is 4.09. The Kier molecular flexibility index (Phi) is 2.95. The molecule has 2 N–H and O–H groups in total. The molecular weight excluding hydrogens is 339 g/mol. The van der Waals surface area contributed by atoms with E-state index >= 15 is 0 Å². The third-order valence-corrected chi connectivity index (χ3v) is 3.74. The largest absolute Gasteiger partial charge is 0.507 e. The summed E-state index contributed by atoms with van der Waals surface area (Å²) < 4.78 is 0.908. The van der Waals surface area contributed by atoms with Crippen molar-refractivity contribution in [1.82, 2.24) is 9.97 Å². The fourth-order valence-electron chi connectivity index (χ4n) is 1.94. The van der Waals surface area contributed by atoms with E-state index in [9.17, 15) is 5.11 Å². The Labute approximate surface area is 118 Å². The minimum atomic E-state index is 0.252. The molecule has 0 spiro atoms. The lowest BCUT2D eigenvalue weighted by Crippen LogP contribution is -1.84. The molecule has 90 valence electrons. The summed E-state index contributed by atoms with van der Waals surface area (Å²) in [5, 5.41) is 9.95. The molecule has 2 aromatic carbocycles. The van der Waals surface area contributed by atoms with Gasteiger partial charge in [0, 0.05) is 4.43 Å². The van der Waals surface area contributed by atoms with Crippen molar-refractivity contribution in [3.05, 3.63) is 48.0 Å². The lowest BCUT2D eigenvalue weighted by atomic mass is 10.1. The number of para-hydroxylation sites is 2. The molecule has 1 aromatic heterocycles. The van der Waals surface area contributed by atoms with Crippen molar-refractivity contribution in [3.8, 4) is 17.1 Å². The van der Waals surface area contributed by atoms with E-state index < -0.39 is 0 Å². The van der Waals surface area contributed by atoms with Gasteiger partial charge in [-0.3, -0.25) is 0 Å². The molecule has 0 atom stereocenters. The van der Waals surface area contributed by atoms with Crippen LogP contribution in [0.15, 0.2) is 42.5 Å². The van der Waals surface area contributed by atoms with Crippen molar-refractivity contribution in [1.29, 1.82) is 0 Å². The zero-order chi connectivity index (χ0) is 12.5. The molecule has 4 heteroatoms. The minimum absolute atomic E-state index is 0.252. The number of hydrogen-bond acceptors (Lipinski definition) is 2. The maximum absolute atomic E-state index is 9.95. The molecule has 0 unspecified atom stereocenters. The molecule has 0 saturated heterocycles. The van der Waals surface area contributed by atoms with E-state index in [-0.39, 0.29) is 5.75 Å². The normalized spacial score (nSPS) is 10.9. The maximum Gasteiger partial charge on any atom is 0.142 e. The van der Waals surface area contributed by atoms with Gasteiger partial charge >= 0.3 is 0 Å². The van der Waals surface area contributed by atoms with E-state index in [1.165, 1.54) is 5.56 Å². The van der Waals surface area contributed by atoms with Crippen LogP contribution in [-0.2, 0) is 4.43 Å². The number of aromatic nitrogens is 2. The number of nitrogens with one attached hydrogen (secondary N) is 1. The zero-order valence-electron chi connectivity index (χ0n) is 9.52. The van der Waals surface area contributed by atoms with Gasteiger partial charge in [-0.25, -0.2) is 4.98 Å². The number of aromatic amines is 1. The third kappa shape index (κ3) is 1.96. The summed E-state index contributed by atoms with van der Waals surface area (Å²) in [7, 11) is 0. The monoisotopic (exact) mass is 350 g/mol. The van der Waals surface area contributed by atoms with Crippen LogP contribution in [0.5, 0.6) is 5.75 Å². The Morgan fingerprint density at radius 3 is 2.78 bits per heavy atom. The van der Waals surface area contributed by atoms with Crippen molar-refractivity contribution >= 4 is 33.6 Å². The van der Waals surface area contributed by atoms with Gasteiger partial charge in [0.2, 0.25) is 0 Å². The number of H-pyrrole nitrogens is 1. The summed E-state index contributed by atoms with van der Waals surface area (Å²) in [4.78, 5) is 7.73. The first kappa shape index (κ1) is 11.5. The Hall–Kier alpha value is -1.56. The highest BCUT2D eigenvalue weighted by atomic mass is 127. The molecule has 0 bridgehead atoms. The third-order valence-electron chi connectivity index (χ3n) is 2.86. The lowest BCUT2D eigenvalue weighted by molar-refractivity contribution is 0.477. The van der Waals surface area contributed by atoms with Gasteiger partial charge in [0.1, 0.15) is 11.6 Å². The molecule has 1 heterocycles. The van der Waals surface area contributed by atoms with Crippen molar-refractivity contribution in [2.45, 2.75) is 4.43 Å². The molecule has 0 radical (unpaired) electrons. The van der Waals surface area contributed by atoms with Gasteiger partial charge in [0.15, 0.2) is 0 Å². The van der Waals surface area contributed by atoms with Crippen LogP contribution >= 0.6 is 22.6 Å². The quantitative estimate of drug-likeness (QED) is 0.545. The van der Waals surface area contributed by atoms with Gasteiger partial charge in [0.25, 0.3) is 0 Å². The van der Waals surface area contributed by atoms with Gasteiger partial charge in [-0.05, 0) is 29.8 Å². The summed E-state index contributed by atoms with van der Waals surface area (Å²) in [5.74, 6) is 0.961. The molecule has 0 aliphatic rings. The molecule has 18 heavy (non-hydrogen) atoms. The van der Waals surface area contributed by atoms with E-state index in [0.717, 1.165) is 21.0 Å². The van der Waals surface area contributed by atoms with Crippen LogP contribution in [0.1, 0.15) is 5.56 Å². The number of imidazole rings is 1. The van der Waals surface area contributed by atoms with E-state index in [4.69, 9.17) is 0 Å². The van der Waals surface area contributed by atoms with Gasteiger partial charge in [-0.2, -0.15) is 0 Å². The summed E-state index contributed by atoms with van der Waals surface area (Å²) in [5.41, 5.74) is 3.81. The van der Waals surface area contributed by atoms with Gasteiger partial charge in [-0.1, -0.05) is 40.8 Å². The average Bonchev–Trinajstić information content (AvgIpc) is 2.82. The highest BCUT2D eigenvalue weighted by molar-refractivity contribution is 14.1. The maximum atomic E-state index is 9.95. The smallest absolute Gasteiger partial charge is 0.142 e. The van der Waals surface area contributed by atoms with E-state index in [1.54, 1.807) is 6.07 Å². The van der Waals surface area contributed by atoms with E-state index in [0.29, 0.717) is 5.82 Å².